The van der Waals surface area contributed by atoms with Crippen molar-refractivity contribution in [1.29, 1.82) is 0 Å². The first kappa shape index (κ1) is 13.4. The SMILES string of the molecule is Cc1c(CNC(=O)c2cc(Cl)ccc2N)cnn1C. The first-order valence-electron chi connectivity index (χ1n) is 5.79. The zero-order valence-electron chi connectivity index (χ0n) is 10.8. The van der Waals surface area contributed by atoms with Gasteiger partial charge in [0.2, 0.25) is 0 Å². The Labute approximate surface area is 116 Å². The van der Waals surface area contributed by atoms with Gasteiger partial charge in [-0.25, -0.2) is 0 Å². The third-order valence-electron chi connectivity index (χ3n) is 3.04. The Kier molecular flexibility index (Phi) is 3.76. The van der Waals surface area contributed by atoms with Gasteiger partial charge in [0.05, 0.1) is 11.8 Å². The number of aryl methyl sites for hydroxylation is 1. The van der Waals surface area contributed by atoms with E-state index in [-0.39, 0.29) is 5.91 Å². The standard InChI is InChI=1S/C13H15ClN4O/c1-8-9(7-17-18(8)2)6-16-13(19)11-5-10(14)3-4-12(11)15/h3-5,7H,6,15H2,1-2H3,(H,16,19). The molecule has 100 valence electrons. The predicted octanol–water partition coefficient (Wildman–Crippen LogP) is 1.89. The number of halogens is 1. The summed E-state index contributed by atoms with van der Waals surface area (Å²) in [5.41, 5.74) is 8.53. The number of nitrogen functional groups attached to an aromatic ring is 1. The van der Waals surface area contributed by atoms with Crippen molar-refractivity contribution in [1.82, 2.24) is 15.1 Å². The highest BCUT2D eigenvalue weighted by atomic mass is 35.5. The quantitative estimate of drug-likeness (QED) is 0.842. The summed E-state index contributed by atoms with van der Waals surface area (Å²) in [5, 5.41) is 7.41. The van der Waals surface area contributed by atoms with E-state index in [1.165, 1.54) is 0 Å². The molecule has 2 aromatic rings. The van der Waals surface area contributed by atoms with Crippen molar-refractivity contribution in [2.45, 2.75) is 13.5 Å². The molecule has 0 bridgehead atoms. The van der Waals surface area contributed by atoms with Crippen molar-refractivity contribution < 1.29 is 4.79 Å². The second-order valence-electron chi connectivity index (χ2n) is 4.29. The summed E-state index contributed by atoms with van der Waals surface area (Å²) in [7, 11) is 1.86. The summed E-state index contributed by atoms with van der Waals surface area (Å²) in [5.74, 6) is -0.247. The molecular formula is C13H15ClN4O. The van der Waals surface area contributed by atoms with E-state index in [9.17, 15) is 4.79 Å². The number of anilines is 1. The molecule has 0 radical (unpaired) electrons. The number of nitrogens with two attached hydrogens (primary N) is 1. The summed E-state index contributed by atoms with van der Waals surface area (Å²) in [6, 6.07) is 4.83. The molecule has 5 nitrogen and oxygen atoms in total. The number of hydrogen-bond acceptors (Lipinski definition) is 3. The fourth-order valence-corrected chi connectivity index (χ4v) is 1.89. The van der Waals surface area contributed by atoms with Gasteiger partial charge >= 0.3 is 0 Å². The van der Waals surface area contributed by atoms with Crippen LogP contribution in [-0.2, 0) is 13.6 Å². The maximum absolute atomic E-state index is 12.0. The Morgan fingerprint density at radius 3 is 2.89 bits per heavy atom. The molecule has 0 aliphatic rings. The topological polar surface area (TPSA) is 72.9 Å². The van der Waals surface area contributed by atoms with E-state index in [4.69, 9.17) is 17.3 Å². The van der Waals surface area contributed by atoms with Gasteiger partial charge in [0.25, 0.3) is 5.91 Å². The third kappa shape index (κ3) is 2.88. The minimum absolute atomic E-state index is 0.247. The number of nitrogens with one attached hydrogen (secondary N) is 1. The molecule has 1 amide bonds. The van der Waals surface area contributed by atoms with Crippen LogP contribution in [0.2, 0.25) is 5.02 Å². The van der Waals surface area contributed by atoms with Crippen LogP contribution in [-0.4, -0.2) is 15.7 Å². The molecule has 6 heteroatoms. The van der Waals surface area contributed by atoms with E-state index in [0.29, 0.717) is 22.8 Å². The number of carbonyl (C=O) groups excluding carboxylic acids is 1. The third-order valence-corrected chi connectivity index (χ3v) is 3.27. The number of aromatic nitrogens is 2. The maximum Gasteiger partial charge on any atom is 0.253 e. The zero-order chi connectivity index (χ0) is 14.0. The van der Waals surface area contributed by atoms with E-state index in [1.807, 2.05) is 14.0 Å². The lowest BCUT2D eigenvalue weighted by Crippen LogP contribution is -2.24. The molecule has 0 spiro atoms. The zero-order valence-corrected chi connectivity index (χ0v) is 11.5. The highest BCUT2D eigenvalue weighted by Gasteiger charge is 2.11. The maximum atomic E-state index is 12.0. The molecule has 0 unspecified atom stereocenters. The molecule has 0 saturated carbocycles. The van der Waals surface area contributed by atoms with Crippen molar-refractivity contribution >= 4 is 23.2 Å². The van der Waals surface area contributed by atoms with Gasteiger partial charge in [-0.2, -0.15) is 5.10 Å². The average Bonchev–Trinajstić information content (AvgIpc) is 2.70. The van der Waals surface area contributed by atoms with Gasteiger partial charge in [0.1, 0.15) is 0 Å². The number of amides is 1. The van der Waals surface area contributed by atoms with Gasteiger partial charge in [0, 0.05) is 35.6 Å². The summed E-state index contributed by atoms with van der Waals surface area (Å²) < 4.78 is 1.76. The molecule has 0 atom stereocenters. The Hall–Kier alpha value is -2.01. The van der Waals surface area contributed by atoms with Crippen LogP contribution in [0.4, 0.5) is 5.69 Å². The van der Waals surface area contributed by atoms with Crippen LogP contribution in [0.5, 0.6) is 0 Å². The van der Waals surface area contributed by atoms with E-state index in [2.05, 4.69) is 10.4 Å². The van der Waals surface area contributed by atoms with E-state index < -0.39 is 0 Å². The molecule has 0 saturated heterocycles. The van der Waals surface area contributed by atoms with E-state index in [0.717, 1.165) is 11.3 Å². The summed E-state index contributed by atoms with van der Waals surface area (Å²) >= 11 is 5.86. The highest BCUT2D eigenvalue weighted by Crippen LogP contribution is 2.18. The molecule has 0 fully saturated rings. The largest absolute Gasteiger partial charge is 0.398 e. The van der Waals surface area contributed by atoms with Crippen molar-refractivity contribution in [3.8, 4) is 0 Å². The molecule has 1 aromatic heterocycles. The average molecular weight is 279 g/mol. The van der Waals surface area contributed by atoms with Crippen LogP contribution in [0.3, 0.4) is 0 Å². The van der Waals surface area contributed by atoms with E-state index >= 15 is 0 Å². The van der Waals surface area contributed by atoms with Crippen molar-refractivity contribution in [2.24, 2.45) is 7.05 Å². The second kappa shape index (κ2) is 5.32. The Morgan fingerprint density at radius 1 is 1.53 bits per heavy atom. The molecule has 2 rings (SSSR count). The van der Waals surface area contributed by atoms with Crippen LogP contribution >= 0.6 is 11.6 Å². The minimum Gasteiger partial charge on any atom is -0.398 e. The lowest BCUT2D eigenvalue weighted by molar-refractivity contribution is 0.0952. The number of hydrogen-bond donors (Lipinski definition) is 2. The van der Waals surface area contributed by atoms with Crippen LogP contribution in [0.25, 0.3) is 0 Å². The van der Waals surface area contributed by atoms with Gasteiger partial charge in [-0.05, 0) is 25.1 Å². The number of nitrogens with zero attached hydrogens (tertiary/aromatic N) is 2. The molecule has 1 aromatic carbocycles. The minimum atomic E-state index is -0.247. The van der Waals surface area contributed by atoms with Gasteiger partial charge < -0.3 is 11.1 Å². The van der Waals surface area contributed by atoms with Crippen LogP contribution in [0, 0.1) is 6.92 Å². The van der Waals surface area contributed by atoms with Gasteiger partial charge in [-0.15, -0.1) is 0 Å². The normalized spacial score (nSPS) is 10.5. The first-order valence-corrected chi connectivity index (χ1v) is 6.17. The summed E-state index contributed by atoms with van der Waals surface area (Å²) in [6.45, 7) is 2.35. The fourth-order valence-electron chi connectivity index (χ4n) is 1.71. The lowest BCUT2D eigenvalue weighted by atomic mass is 10.1. The van der Waals surface area contributed by atoms with Gasteiger partial charge in [-0.1, -0.05) is 11.6 Å². The van der Waals surface area contributed by atoms with Crippen molar-refractivity contribution in [3.63, 3.8) is 0 Å². The van der Waals surface area contributed by atoms with E-state index in [1.54, 1.807) is 29.1 Å². The Balaban J connectivity index is 2.09. The number of rotatable bonds is 3. The molecule has 19 heavy (non-hydrogen) atoms. The fraction of sp³-hybridized carbons (Fsp3) is 0.231. The molecule has 3 N–H and O–H groups in total. The predicted molar refractivity (Wildman–Crippen MR) is 75.0 cm³/mol. The lowest BCUT2D eigenvalue weighted by Gasteiger charge is -2.07. The molecular weight excluding hydrogens is 264 g/mol. The summed E-state index contributed by atoms with van der Waals surface area (Å²) in [4.78, 5) is 12.0. The Morgan fingerprint density at radius 2 is 2.26 bits per heavy atom. The number of carbonyl (C=O) groups is 1. The molecule has 0 aliphatic carbocycles. The second-order valence-corrected chi connectivity index (χ2v) is 4.73. The molecule has 0 aliphatic heterocycles. The van der Waals surface area contributed by atoms with Crippen molar-refractivity contribution in [2.75, 3.05) is 5.73 Å². The monoisotopic (exact) mass is 278 g/mol. The first-order chi connectivity index (χ1) is 8.99. The summed E-state index contributed by atoms with van der Waals surface area (Å²) in [6.07, 6.45) is 1.73. The van der Waals surface area contributed by atoms with Crippen LogP contribution < -0.4 is 11.1 Å². The van der Waals surface area contributed by atoms with Crippen molar-refractivity contribution in [3.05, 3.63) is 46.2 Å². The highest BCUT2D eigenvalue weighted by molar-refractivity contribution is 6.31. The smallest absolute Gasteiger partial charge is 0.253 e. The van der Waals surface area contributed by atoms with Gasteiger partial charge in [-0.3, -0.25) is 9.48 Å². The molecule has 1 heterocycles. The van der Waals surface area contributed by atoms with Crippen LogP contribution in [0.15, 0.2) is 24.4 Å². The van der Waals surface area contributed by atoms with Gasteiger partial charge in [0.15, 0.2) is 0 Å². The van der Waals surface area contributed by atoms with Crippen LogP contribution in [0.1, 0.15) is 21.6 Å². The number of benzene rings is 1. The Bertz CT molecular complexity index is 621.